The van der Waals surface area contributed by atoms with E-state index in [2.05, 4.69) is 20.4 Å². The van der Waals surface area contributed by atoms with Gasteiger partial charge in [0, 0.05) is 39.2 Å². The summed E-state index contributed by atoms with van der Waals surface area (Å²) >= 11 is 0. The maximum Gasteiger partial charge on any atom is 0.133 e. The van der Waals surface area contributed by atoms with Crippen molar-refractivity contribution < 1.29 is 9.26 Å². The first-order valence-corrected chi connectivity index (χ1v) is 8.33. The lowest BCUT2D eigenvalue weighted by Gasteiger charge is -2.33. The van der Waals surface area contributed by atoms with Crippen LogP contribution in [0.5, 0.6) is 0 Å². The highest BCUT2D eigenvalue weighted by atomic mass is 16.5. The second-order valence-corrected chi connectivity index (χ2v) is 6.69. The summed E-state index contributed by atoms with van der Waals surface area (Å²) in [6.07, 6.45) is 3.57. The number of fused-ring (bicyclic) bond motifs is 1. The molecule has 0 amide bonds. The lowest BCUT2D eigenvalue weighted by atomic mass is 10.0. The number of aryl methyl sites for hydroxylation is 2. The van der Waals surface area contributed by atoms with Crippen molar-refractivity contribution in [2.45, 2.75) is 38.8 Å². The first kappa shape index (κ1) is 14.8. The van der Waals surface area contributed by atoms with Crippen LogP contribution in [0.25, 0.3) is 0 Å². The van der Waals surface area contributed by atoms with Crippen LogP contribution in [0.15, 0.2) is 10.6 Å². The van der Waals surface area contributed by atoms with Crippen molar-refractivity contribution in [3.63, 3.8) is 0 Å². The molecule has 1 unspecified atom stereocenters. The third-order valence-electron chi connectivity index (χ3n) is 4.73. The molecule has 2 aromatic heterocycles. The number of ether oxygens (including phenoxy) is 1. The molecule has 1 saturated carbocycles. The van der Waals surface area contributed by atoms with Gasteiger partial charge in [-0.25, -0.2) is 0 Å². The topological polar surface area (TPSA) is 69.2 Å². The third kappa shape index (κ3) is 3.16. The quantitative estimate of drug-likeness (QED) is 0.807. The Hall–Kier alpha value is -1.73. The molecule has 2 aromatic rings. The molecule has 2 aliphatic rings. The SMILES string of the molecule is Cc1cc(CN2CCc3c(nnn3C)C2COCC2CC2)no1. The van der Waals surface area contributed by atoms with E-state index >= 15 is 0 Å². The summed E-state index contributed by atoms with van der Waals surface area (Å²) in [5, 5.41) is 12.7. The van der Waals surface area contributed by atoms with Gasteiger partial charge in [0.15, 0.2) is 0 Å². The molecule has 1 aliphatic heterocycles. The van der Waals surface area contributed by atoms with Gasteiger partial charge in [-0.1, -0.05) is 10.4 Å². The Morgan fingerprint density at radius 1 is 1.35 bits per heavy atom. The molecule has 124 valence electrons. The summed E-state index contributed by atoms with van der Waals surface area (Å²) < 4.78 is 13.1. The highest BCUT2D eigenvalue weighted by Crippen LogP contribution is 2.32. The molecule has 7 heteroatoms. The van der Waals surface area contributed by atoms with Crippen LogP contribution in [0.2, 0.25) is 0 Å². The molecular formula is C16H23N5O2. The number of nitrogens with zero attached hydrogens (tertiary/aromatic N) is 5. The first-order chi connectivity index (χ1) is 11.2. The summed E-state index contributed by atoms with van der Waals surface area (Å²) in [5.74, 6) is 1.62. The molecule has 1 fully saturated rings. The zero-order valence-electron chi connectivity index (χ0n) is 13.7. The van der Waals surface area contributed by atoms with E-state index in [1.54, 1.807) is 0 Å². The predicted molar refractivity (Wildman–Crippen MR) is 82.6 cm³/mol. The average Bonchev–Trinajstić information content (AvgIpc) is 3.16. The highest BCUT2D eigenvalue weighted by Gasteiger charge is 2.33. The van der Waals surface area contributed by atoms with Crippen LogP contribution in [0.4, 0.5) is 0 Å². The fourth-order valence-corrected chi connectivity index (χ4v) is 3.22. The summed E-state index contributed by atoms with van der Waals surface area (Å²) in [4.78, 5) is 2.38. The van der Waals surface area contributed by atoms with Crippen LogP contribution >= 0.6 is 0 Å². The van der Waals surface area contributed by atoms with E-state index < -0.39 is 0 Å². The van der Waals surface area contributed by atoms with Crippen LogP contribution in [0, 0.1) is 12.8 Å². The number of rotatable bonds is 6. The van der Waals surface area contributed by atoms with Gasteiger partial charge in [-0.3, -0.25) is 9.58 Å². The van der Waals surface area contributed by atoms with Gasteiger partial charge in [0.2, 0.25) is 0 Å². The van der Waals surface area contributed by atoms with E-state index in [0.29, 0.717) is 6.61 Å². The van der Waals surface area contributed by atoms with Gasteiger partial charge < -0.3 is 9.26 Å². The van der Waals surface area contributed by atoms with Crippen LogP contribution in [0.3, 0.4) is 0 Å². The van der Waals surface area contributed by atoms with Gasteiger partial charge in [-0.05, 0) is 25.7 Å². The van der Waals surface area contributed by atoms with E-state index in [-0.39, 0.29) is 6.04 Å². The second kappa shape index (κ2) is 6.05. The van der Waals surface area contributed by atoms with Crippen molar-refractivity contribution in [1.82, 2.24) is 25.1 Å². The lowest BCUT2D eigenvalue weighted by Crippen LogP contribution is -2.38. The summed E-state index contributed by atoms with van der Waals surface area (Å²) in [7, 11) is 1.96. The molecule has 0 N–H and O–H groups in total. The van der Waals surface area contributed by atoms with Crippen molar-refractivity contribution in [3.8, 4) is 0 Å². The number of hydrogen-bond donors (Lipinski definition) is 0. The highest BCUT2D eigenvalue weighted by molar-refractivity contribution is 5.19. The van der Waals surface area contributed by atoms with Crippen LogP contribution in [-0.2, 0) is 24.8 Å². The van der Waals surface area contributed by atoms with E-state index in [9.17, 15) is 0 Å². The summed E-state index contributed by atoms with van der Waals surface area (Å²) in [6, 6.07) is 2.14. The second-order valence-electron chi connectivity index (χ2n) is 6.69. The Morgan fingerprint density at radius 3 is 2.96 bits per heavy atom. The molecule has 7 nitrogen and oxygen atoms in total. The molecule has 0 saturated heterocycles. The number of hydrogen-bond acceptors (Lipinski definition) is 6. The van der Waals surface area contributed by atoms with Crippen molar-refractivity contribution in [1.29, 1.82) is 0 Å². The van der Waals surface area contributed by atoms with E-state index in [1.807, 2.05) is 24.7 Å². The Bertz CT molecular complexity index is 676. The van der Waals surface area contributed by atoms with Crippen molar-refractivity contribution in [2.75, 3.05) is 19.8 Å². The largest absolute Gasteiger partial charge is 0.379 e. The van der Waals surface area contributed by atoms with Gasteiger partial charge in [-0.2, -0.15) is 0 Å². The van der Waals surface area contributed by atoms with Crippen molar-refractivity contribution >= 4 is 0 Å². The fourth-order valence-electron chi connectivity index (χ4n) is 3.22. The van der Waals surface area contributed by atoms with Gasteiger partial charge in [0.25, 0.3) is 0 Å². The Kier molecular flexibility index (Phi) is 3.90. The maximum absolute atomic E-state index is 5.97. The minimum Gasteiger partial charge on any atom is -0.379 e. The molecular weight excluding hydrogens is 294 g/mol. The van der Waals surface area contributed by atoms with Gasteiger partial charge in [0.05, 0.1) is 24.0 Å². The van der Waals surface area contributed by atoms with Gasteiger partial charge in [-0.15, -0.1) is 5.10 Å². The molecule has 1 atom stereocenters. The van der Waals surface area contributed by atoms with Crippen LogP contribution in [0.1, 0.15) is 41.7 Å². The summed E-state index contributed by atoms with van der Waals surface area (Å²) in [6.45, 7) is 5.16. The van der Waals surface area contributed by atoms with Crippen molar-refractivity contribution in [3.05, 3.63) is 28.9 Å². The smallest absolute Gasteiger partial charge is 0.133 e. The standard InChI is InChI=1S/C16H23N5O2/c1-11-7-13(18-23-11)8-21-6-5-14-16(17-19-20(14)2)15(21)10-22-9-12-3-4-12/h7,12,15H,3-6,8-10H2,1-2H3. The molecule has 0 radical (unpaired) electrons. The first-order valence-electron chi connectivity index (χ1n) is 8.33. The molecule has 0 spiro atoms. The fraction of sp³-hybridized carbons (Fsp3) is 0.688. The molecule has 3 heterocycles. The zero-order valence-corrected chi connectivity index (χ0v) is 13.7. The average molecular weight is 317 g/mol. The molecule has 1 aliphatic carbocycles. The lowest BCUT2D eigenvalue weighted by molar-refractivity contribution is 0.0416. The van der Waals surface area contributed by atoms with Crippen LogP contribution < -0.4 is 0 Å². The zero-order chi connectivity index (χ0) is 15.8. The van der Waals surface area contributed by atoms with Gasteiger partial charge >= 0.3 is 0 Å². The molecule has 4 rings (SSSR count). The number of aromatic nitrogens is 4. The Balaban J connectivity index is 1.51. The Labute approximate surface area is 135 Å². The predicted octanol–water partition coefficient (Wildman–Crippen LogP) is 1.64. The minimum atomic E-state index is 0.142. The van der Waals surface area contributed by atoms with Crippen LogP contribution in [-0.4, -0.2) is 44.8 Å². The molecule has 0 bridgehead atoms. The Morgan fingerprint density at radius 2 is 2.22 bits per heavy atom. The maximum atomic E-state index is 5.97. The van der Waals surface area contributed by atoms with Gasteiger partial charge in [0.1, 0.15) is 11.5 Å². The normalized spacial score (nSPS) is 21.6. The molecule has 0 aromatic carbocycles. The van der Waals surface area contributed by atoms with E-state index in [0.717, 1.165) is 49.2 Å². The van der Waals surface area contributed by atoms with E-state index in [4.69, 9.17) is 9.26 Å². The van der Waals surface area contributed by atoms with E-state index in [1.165, 1.54) is 18.5 Å². The monoisotopic (exact) mass is 317 g/mol. The van der Waals surface area contributed by atoms with Crippen molar-refractivity contribution in [2.24, 2.45) is 13.0 Å². The third-order valence-corrected chi connectivity index (χ3v) is 4.73. The summed E-state index contributed by atoms with van der Waals surface area (Å²) in [5.41, 5.74) is 3.23. The molecule has 23 heavy (non-hydrogen) atoms. The minimum absolute atomic E-state index is 0.142.